The first-order valence-electron chi connectivity index (χ1n) is 13.9. The third-order valence-electron chi connectivity index (χ3n) is 6.39. The predicted octanol–water partition coefficient (Wildman–Crippen LogP) is 3.39. The third-order valence-corrected chi connectivity index (χ3v) is 6.39. The number of nitrogens with zero attached hydrogens (tertiary/aromatic N) is 2. The minimum Gasteiger partial charge on any atom is -0.445 e. The normalized spacial score (nSPS) is 13.4. The zero-order valence-corrected chi connectivity index (χ0v) is 25.5. The molecule has 224 valence electrons. The highest BCUT2D eigenvalue weighted by Crippen LogP contribution is 2.17. The average molecular weight is 561 g/mol. The van der Waals surface area contributed by atoms with E-state index in [1.165, 1.54) is 30.8 Å². The van der Waals surface area contributed by atoms with E-state index >= 15 is 0 Å². The Kier molecular flexibility index (Phi) is 14.4. The van der Waals surface area contributed by atoms with E-state index in [1.807, 2.05) is 58.0 Å². The quantitative estimate of drug-likeness (QED) is 0.339. The Hall–Kier alpha value is -3.43. The summed E-state index contributed by atoms with van der Waals surface area (Å²) in [4.78, 5) is 67.0. The lowest BCUT2D eigenvalue weighted by Gasteiger charge is -2.34. The van der Waals surface area contributed by atoms with Gasteiger partial charge in [-0.15, -0.1) is 0 Å². The van der Waals surface area contributed by atoms with Crippen LogP contribution in [0.25, 0.3) is 0 Å². The Morgan fingerprint density at radius 2 is 1.40 bits per heavy atom. The highest BCUT2D eigenvalue weighted by Gasteiger charge is 2.36. The first-order valence-corrected chi connectivity index (χ1v) is 13.9. The van der Waals surface area contributed by atoms with Crippen LogP contribution in [-0.4, -0.2) is 78.2 Å². The number of carbonyl (C=O) groups is 5. The molecule has 1 aromatic rings. The predicted molar refractivity (Wildman–Crippen MR) is 154 cm³/mol. The Morgan fingerprint density at radius 1 is 0.825 bits per heavy atom. The van der Waals surface area contributed by atoms with E-state index in [-0.39, 0.29) is 42.6 Å². The summed E-state index contributed by atoms with van der Waals surface area (Å²) in [6.07, 6.45) is -0.0219. The first kappa shape index (κ1) is 34.6. The van der Waals surface area contributed by atoms with E-state index in [1.54, 1.807) is 13.8 Å². The van der Waals surface area contributed by atoms with Crippen LogP contribution in [0.5, 0.6) is 0 Å². The minimum atomic E-state index is -0.903. The number of hydrogen-bond acceptors (Lipinski definition) is 6. The van der Waals surface area contributed by atoms with Gasteiger partial charge < -0.3 is 25.2 Å². The lowest BCUT2D eigenvalue weighted by atomic mass is 9.97. The van der Waals surface area contributed by atoms with Crippen LogP contribution in [0.2, 0.25) is 0 Å². The van der Waals surface area contributed by atoms with Crippen molar-refractivity contribution >= 4 is 29.6 Å². The second kappa shape index (κ2) is 16.6. The van der Waals surface area contributed by atoms with Gasteiger partial charge in [-0.25, -0.2) is 4.79 Å². The van der Waals surface area contributed by atoms with Gasteiger partial charge in [-0.2, -0.15) is 0 Å². The summed E-state index contributed by atoms with van der Waals surface area (Å²) < 4.78 is 5.33. The number of amides is 4. The fraction of sp³-hybridized carbons (Fsp3) is 0.633. The number of hydrogen-bond donors (Lipinski definition) is 2. The van der Waals surface area contributed by atoms with Crippen molar-refractivity contribution < 1.29 is 28.7 Å². The summed E-state index contributed by atoms with van der Waals surface area (Å²) >= 11 is 0. The number of ether oxygens (including phenoxy) is 1. The molecule has 3 atom stereocenters. The van der Waals surface area contributed by atoms with Crippen LogP contribution >= 0.6 is 0 Å². The van der Waals surface area contributed by atoms with Crippen molar-refractivity contribution in [3.8, 4) is 0 Å². The molecule has 0 spiro atoms. The maximum atomic E-state index is 13.7. The van der Waals surface area contributed by atoms with Crippen LogP contribution in [0.3, 0.4) is 0 Å². The number of rotatable bonds is 15. The molecule has 1 rings (SSSR count). The van der Waals surface area contributed by atoms with Crippen molar-refractivity contribution in [1.29, 1.82) is 0 Å². The molecule has 0 aliphatic rings. The monoisotopic (exact) mass is 560 g/mol. The molecule has 0 aliphatic heterocycles. The molecular weight excluding hydrogens is 512 g/mol. The summed E-state index contributed by atoms with van der Waals surface area (Å²) in [5, 5.41) is 5.50. The summed E-state index contributed by atoms with van der Waals surface area (Å²) in [7, 11) is 3.05. The molecule has 0 fully saturated rings. The number of ketones is 1. The smallest absolute Gasteiger partial charge is 0.408 e. The highest BCUT2D eigenvalue weighted by molar-refractivity contribution is 5.94. The topological polar surface area (TPSA) is 125 Å². The number of alkyl carbamates (subject to hydrolysis) is 1. The maximum absolute atomic E-state index is 13.7. The molecule has 0 unspecified atom stereocenters. The number of carbonyl (C=O) groups excluding carboxylic acids is 5. The van der Waals surface area contributed by atoms with Crippen molar-refractivity contribution in [1.82, 2.24) is 20.4 Å². The van der Waals surface area contributed by atoms with Crippen LogP contribution in [0, 0.1) is 17.8 Å². The van der Waals surface area contributed by atoms with Gasteiger partial charge in [-0.1, -0.05) is 71.9 Å². The van der Waals surface area contributed by atoms with Gasteiger partial charge in [0, 0.05) is 14.1 Å². The zero-order valence-electron chi connectivity index (χ0n) is 25.5. The number of nitrogens with one attached hydrogen (secondary N) is 2. The van der Waals surface area contributed by atoms with Crippen molar-refractivity contribution in [2.75, 3.05) is 20.6 Å². The van der Waals surface area contributed by atoms with Gasteiger partial charge in [0.2, 0.25) is 17.7 Å². The van der Waals surface area contributed by atoms with Crippen molar-refractivity contribution in [3.05, 3.63) is 35.9 Å². The third kappa shape index (κ3) is 11.8. The van der Waals surface area contributed by atoms with Crippen LogP contribution in [0.15, 0.2) is 30.3 Å². The SMILES string of the molecule is CC(=O)CN(C)C(=O)[C@@H](NC(=O)[C@H](CC(C)C)N(C)C(=O)[C@H](CC(C)C)NC(=O)OCc1ccccc1)C(C)C. The molecule has 0 heterocycles. The number of benzene rings is 1. The molecule has 0 bridgehead atoms. The van der Waals surface area contributed by atoms with Gasteiger partial charge in [0.1, 0.15) is 30.5 Å². The standard InChI is InChI=1S/C30H48N4O6/c1-19(2)15-24(31-30(39)40-18-23-13-11-10-12-14-23)28(37)34(9)25(16-20(3)4)27(36)32-26(21(5)6)29(38)33(8)17-22(7)35/h10-14,19-21,24-26H,15-18H2,1-9H3,(H,31,39)(H,32,36)/t24-,25-,26-/m0/s1. The van der Waals surface area contributed by atoms with E-state index in [9.17, 15) is 24.0 Å². The highest BCUT2D eigenvalue weighted by atomic mass is 16.5. The first-order chi connectivity index (χ1) is 18.6. The molecule has 10 nitrogen and oxygen atoms in total. The van der Waals surface area contributed by atoms with Gasteiger partial charge in [-0.3, -0.25) is 19.2 Å². The van der Waals surface area contributed by atoms with E-state index in [4.69, 9.17) is 4.74 Å². The molecule has 0 aliphatic carbocycles. The second-order valence-corrected chi connectivity index (χ2v) is 11.6. The van der Waals surface area contributed by atoms with Crippen molar-refractivity contribution in [2.45, 2.75) is 86.0 Å². The Bertz CT molecular complexity index is 995. The Balaban J connectivity index is 3.09. The Labute approximate surface area is 239 Å². The second-order valence-electron chi connectivity index (χ2n) is 11.6. The summed E-state index contributed by atoms with van der Waals surface area (Å²) in [5.74, 6) is -1.55. The lowest BCUT2D eigenvalue weighted by Crippen LogP contribution is -2.58. The zero-order chi connectivity index (χ0) is 30.6. The molecule has 10 heteroatoms. The van der Waals surface area contributed by atoms with Gasteiger partial charge in [0.25, 0.3) is 0 Å². The average Bonchev–Trinajstić information content (AvgIpc) is 2.87. The van der Waals surface area contributed by atoms with Crippen LogP contribution in [0.1, 0.15) is 66.9 Å². The molecule has 0 saturated carbocycles. The number of likely N-dealkylation sites (N-methyl/N-ethyl adjacent to an activating group) is 2. The van der Waals surface area contributed by atoms with Crippen molar-refractivity contribution in [2.24, 2.45) is 17.8 Å². The molecule has 0 radical (unpaired) electrons. The summed E-state index contributed by atoms with van der Waals surface area (Å²) in [6, 6.07) is 6.57. The molecule has 0 saturated heterocycles. The fourth-order valence-corrected chi connectivity index (χ4v) is 4.30. The molecule has 4 amide bonds. The van der Waals surface area contributed by atoms with Gasteiger partial charge in [0.15, 0.2) is 0 Å². The van der Waals surface area contributed by atoms with Crippen molar-refractivity contribution in [3.63, 3.8) is 0 Å². The summed E-state index contributed by atoms with van der Waals surface area (Å²) in [6.45, 7) is 12.8. The molecule has 0 aromatic heterocycles. The Morgan fingerprint density at radius 3 is 1.90 bits per heavy atom. The summed E-state index contributed by atoms with van der Waals surface area (Å²) in [5.41, 5.74) is 0.818. The van der Waals surface area contributed by atoms with Crippen LogP contribution in [0.4, 0.5) is 4.79 Å². The van der Waals surface area contributed by atoms with Gasteiger partial charge in [-0.05, 0) is 43.1 Å². The molecule has 1 aromatic carbocycles. The van der Waals surface area contributed by atoms with Crippen LogP contribution < -0.4 is 10.6 Å². The van der Waals surface area contributed by atoms with E-state index in [0.29, 0.717) is 12.8 Å². The molecule has 40 heavy (non-hydrogen) atoms. The largest absolute Gasteiger partial charge is 0.445 e. The minimum absolute atomic E-state index is 0.0609. The molecule has 2 N–H and O–H groups in total. The van der Waals surface area contributed by atoms with Gasteiger partial charge in [0.05, 0.1) is 6.54 Å². The van der Waals surface area contributed by atoms with E-state index in [0.717, 1.165) is 5.56 Å². The number of Topliss-reactive ketones (excluding diaryl/α,β-unsaturated/α-hetero) is 1. The van der Waals surface area contributed by atoms with Crippen LogP contribution in [-0.2, 0) is 30.5 Å². The molecular formula is C30H48N4O6. The lowest BCUT2D eigenvalue weighted by molar-refractivity contribution is -0.144. The fourth-order valence-electron chi connectivity index (χ4n) is 4.30. The maximum Gasteiger partial charge on any atom is 0.408 e. The van der Waals surface area contributed by atoms with E-state index in [2.05, 4.69) is 10.6 Å². The van der Waals surface area contributed by atoms with E-state index < -0.39 is 36.0 Å². The van der Waals surface area contributed by atoms with Gasteiger partial charge >= 0.3 is 6.09 Å².